The summed E-state index contributed by atoms with van der Waals surface area (Å²) in [5.74, 6) is -1.54. The minimum atomic E-state index is -4.67. The van der Waals surface area contributed by atoms with Crippen LogP contribution in [0.3, 0.4) is 0 Å². The van der Waals surface area contributed by atoms with Gasteiger partial charge in [-0.15, -0.1) is 0 Å². The average molecular weight is 450 g/mol. The summed E-state index contributed by atoms with van der Waals surface area (Å²) < 4.78 is 52.3. The van der Waals surface area contributed by atoms with Crippen molar-refractivity contribution >= 4 is 23.1 Å². The van der Waals surface area contributed by atoms with E-state index in [1.165, 1.54) is 31.4 Å². The van der Waals surface area contributed by atoms with Gasteiger partial charge in [0.25, 0.3) is 0 Å². The first-order valence-corrected chi connectivity index (χ1v) is 10.2. The molecule has 1 atom stereocenters. The van der Waals surface area contributed by atoms with Crippen molar-refractivity contribution in [2.24, 2.45) is 0 Å². The van der Waals surface area contributed by atoms with Gasteiger partial charge in [-0.05, 0) is 46.0 Å². The molecule has 1 unspecified atom stereocenters. The smallest absolute Gasteiger partial charge is 0.390 e. The molecule has 5 rings (SSSR count). The fourth-order valence-electron chi connectivity index (χ4n) is 4.84. The molecular weight excluding hydrogens is 433 g/mol. The Balaban J connectivity index is 1.93. The number of hydrogen-bond acceptors (Lipinski definition) is 4. The topological polar surface area (TPSA) is 52.6 Å². The van der Waals surface area contributed by atoms with Crippen LogP contribution in [-0.4, -0.2) is 25.2 Å². The van der Waals surface area contributed by atoms with Crippen LogP contribution in [0.1, 0.15) is 39.0 Å². The minimum Gasteiger partial charge on any atom is -0.465 e. The van der Waals surface area contributed by atoms with Gasteiger partial charge in [0, 0.05) is 5.56 Å². The number of benzene rings is 3. The highest BCUT2D eigenvalue weighted by Crippen LogP contribution is 2.60. The normalized spacial score (nSPS) is 18.8. The number of esters is 2. The molecule has 33 heavy (non-hydrogen) atoms. The van der Waals surface area contributed by atoms with E-state index in [4.69, 9.17) is 9.47 Å². The highest BCUT2D eigenvalue weighted by Gasteiger charge is 2.60. The van der Waals surface area contributed by atoms with Crippen molar-refractivity contribution in [3.63, 3.8) is 0 Å². The molecule has 2 aliphatic rings. The van der Waals surface area contributed by atoms with E-state index in [9.17, 15) is 22.8 Å². The number of ether oxygens (including phenoxy) is 2. The first-order valence-electron chi connectivity index (χ1n) is 10.2. The molecule has 0 bridgehead atoms. The molecule has 4 nitrogen and oxygen atoms in total. The van der Waals surface area contributed by atoms with Gasteiger partial charge >= 0.3 is 18.1 Å². The molecule has 1 heterocycles. The number of carbonyl (C=O) groups is 2. The number of methoxy groups -OCH3 is 1. The van der Waals surface area contributed by atoms with Crippen LogP contribution in [0.2, 0.25) is 0 Å². The van der Waals surface area contributed by atoms with Crippen LogP contribution < -0.4 is 4.74 Å². The van der Waals surface area contributed by atoms with Crippen LogP contribution in [0.4, 0.5) is 13.2 Å². The lowest BCUT2D eigenvalue weighted by Gasteiger charge is -2.37. The highest BCUT2D eigenvalue weighted by molar-refractivity contribution is 6.19. The van der Waals surface area contributed by atoms with Crippen molar-refractivity contribution in [2.75, 3.05) is 7.11 Å². The van der Waals surface area contributed by atoms with Crippen LogP contribution >= 0.6 is 0 Å². The van der Waals surface area contributed by atoms with Crippen molar-refractivity contribution in [1.29, 1.82) is 0 Å². The number of rotatable bonds is 3. The van der Waals surface area contributed by atoms with E-state index < -0.39 is 30.0 Å². The molecule has 0 amide bonds. The molecule has 0 saturated heterocycles. The molecule has 0 aromatic heterocycles. The van der Waals surface area contributed by atoms with Gasteiger partial charge in [-0.3, -0.25) is 4.79 Å². The number of hydrogen-bond donors (Lipinski definition) is 0. The predicted molar refractivity (Wildman–Crippen MR) is 115 cm³/mol. The zero-order valence-electron chi connectivity index (χ0n) is 17.4. The molecule has 3 aromatic rings. The Morgan fingerprint density at radius 3 is 2.36 bits per heavy atom. The monoisotopic (exact) mass is 450 g/mol. The molecule has 0 saturated carbocycles. The molecule has 3 aromatic carbocycles. The second-order valence-corrected chi connectivity index (χ2v) is 7.95. The van der Waals surface area contributed by atoms with E-state index in [2.05, 4.69) is 0 Å². The molecule has 0 N–H and O–H groups in total. The summed E-state index contributed by atoms with van der Waals surface area (Å²) in [4.78, 5) is 25.6. The summed E-state index contributed by atoms with van der Waals surface area (Å²) in [6.07, 6.45) is -6.09. The highest BCUT2D eigenvalue weighted by atomic mass is 19.4. The fraction of sp³-hybridized carbons (Fsp3) is 0.154. The Morgan fingerprint density at radius 2 is 1.67 bits per heavy atom. The Kier molecular flexibility index (Phi) is 4.67. The molecule has 166 valence electrons. The SMILES string of the molecule is COC(=O)c1ccc2c(c1)C1=C(c3ccccc3)c3ccccc3C1(CC(F)(F)F)C(=O)O2. The third kappa shape index (κ3) is 3.15. The summed E-state index contributed by atoms with van der Waals surface area (Å²) in [5.41, 5.74) is 0.420. The number of fused-ring (bicyclic) bond motifs is 5. The van der Waals surface area contributed by atoms with Crippen LogP contribution in [0.5, 0.6) is 5.75 Å². The van der Waals surface area contributed by atoms with E-state index in [1.54, 1.807) is 48.5 Å². The maximum absolute atomic E-state index is 14.0. The minimum absolute atomic E-state index is 0.0988. The predicted octanol–water partition coefficient (Wildman–Crippen LogP) is 5.56. The van der Waals surface area contributed by atoms with Gasteiger partial charge < -0.3 is 9.47 Å². The van der Waals surface area contributed by atoms with Crippen molar-refractivity contribution < 1.29 is 32.2 Å². The number of alkyl halides is 3. The van der Waals surface area contributed by atoms with Gasteiger partial charge in [-0.2, -0.15) is 13.2 Å². The van der Waals surface area contributed by atoms with Crippen LogP contribution in [0.15, 0.2) is 72.8 Å². The second kappa shape index (κ2) is 7.33. The molecule has 1 aliphatic heterocycles. The maximum Gasteiger partial charge on any atom is 0.390 e. The first-order chi connectivity index (χ1) is 15.8. The van der Waals surface area contributed by atoms with Crippen LogP contribution in [-0.2, 0) is 14.9 Å². The standard InChI is InChI=1S/C26H17F3O4/c1-32-23(30)16-11-12-20-18(13-16)22-21(15-7-3-2-4-8-15)17-9-5-6-10-19(17)25(22,24(31)33-20)14-26(27,28)29/h2-13H,14H2,1H3. The quantitative estimate of drug-likeness (QED) is 0.388. The summed E-state index contributed by atoms with van der Waals surface area (Å²) in [6, 6.07) is 19.8. The lowest BCUT2D eigenvalue weighted by Crippen LogP contribution is -2.45. The van der Waals surface area contributed by atoms with Crippen LogP contribution in [0.25, 0.3) is 11.1 Å². The Labute approximate surface area is 187 Å². The molecule has 0 radical (unpaired) electrons. The maximum atomic E-state index is 14.0. The van der Waals surface area contributed by atoms with Gasteiger partial charge in [0.1, 0.15) is 11.2 Å². The van der Waals surface area contributed by atoms with Gasteiger partial charge in [-0.1, -0.05) is 54.6 Å². The van der Waals surface area contributed by atoms with Gasteiger partial charge in [-0.25, -0.2) is 4.79 Å². The molecule has 7 heteroatoms. The average Bonchev–Trinajstić information content (AvgIpc) is 3.09. The molecule has 1 aliphatic carbocycles. The Morgan fingerprint density at radius 1 is 0.970 bits per heavy atom. The van der Waals surface area contributed by atoms with Crippen molar-refractivity contribution in [2.45, 2.75) is 18.0 Å². The second-order valence-electron chi connectivity index (χ2n) is 7.95. The Hall–Kier alpha value is -3.87. The van der Waals surface area contributed by atoms with E-state index in [0.717, 1.165) is 0 Å². The lowest BCUT2D eigenvalue weighted by atomic mass is 9.70. The van der Waals surface area contributed by atoms with Crippen molar-refractivity contribution in [1.82, 2.24) is 0 Å². The fourth-order valence-corrected chi connectivity index (χ4v) is 4.84. The van der Waals surface area contributed by atoms with Crippen LogP contribution in [0, 0.1) is 0 Å². The van der Waals surface area contributed by atoms with E-state index in [1.807, 2.05) is 0 Å². The van der Waals surface area contributed by atoms with E-state index >= 15 is 0 Å². The zero-order chi connectivity index (χ0) is 23.4. The summed E-state index contributed by atoms with van der Waals surface area (Å²) in [7, 11) is 1.22. The largest absolute Gasteiger partial charge is 0.465 e. The third-order valence-electron chi connectivity index (χ3n) is 6.08. The van der Waals surface area contributed by atoms with Crippen molar-refractivity contribution in [3.8, 4) is 5.75 Å². The number of halogens is 3. The van der Waals surface area contributed by atoms with E-state index in [-0.39, 0.29) is 28.0 Å². The van der Waals surface area contributed by atoms with Crippen molar-refractivity contribution in [3.05, 3.63) is 101 Å². The third-order valence-corrected chi connectivity index (χ3v) is 6.08. The summed E-state index contributed by atoms with van der Waals surface area (Å²) in [6.45, 7) is 0. The summed E-state index contributed by atoms with van der Waals surface area (Å²) >= 11 is 0. The van der Waals surface area contributed by atoms with Gasteiger partial charge in [0.15, 0.2) is 0 Å². The molecular formula is C26H17F3O4. The van der Waals surface area contributed by atoms with Gasteiger partial charge in [0.05, 0.1) is 19.1 Å². The zero-order valence-corrected chi connectivity index (χ0v) is 17.4. The summed E-state index contributed by atoms with van der Waals surface area (Å²) in [5, 5.41) is 0. The first kappa shape index (κ1) is 21.0. The number of carbonyl (C=O) groups excluding carboxylic acids is 2. The Bertz CT molecular complexity index is 1320. The van der Waals surface area contributed by atoms with E-state index in [0.29, 0.717) is 16.7 Å². The molecule has 0 spiro atoms. The lowest BCUT2D eigenvalue weighted by molar-refractivity contribution is -0.161. The van der Waals surface area contributed by atoms with Gasteiger partial charge in [0.2, 0.25) is 0 Å². The molecule has 0 fully saturated rings.